The molecule has 5 heteroatoms. The third-order valence-corrected chi connectivity index (χ3v) is 6.72. The van der Waals surface area contributed by atoms with Gasteiger partial charge in [-0.25, -0.2) is 0 Å². The number of hydrogen-bond donors (Lipinski definition) is 2. The molecule has 0 aromatic heterocycles. The molecule has 1 aliphatic carbocycles. The lowest BCUT2D eigenvalue weighted by atomic mass is 9.76. The quantitative estimate of drug-likeness (QED) is 0.694. The number of carbonyl (C=O) groups excluding carboxylic acids is 1. The molecule has 2 N–H and O–H groups in total. The summed E-state index contributed by atoms with van der Waals surface area (Å²) in [5, 5.41) is 7.52. The highest BCUT2D eigenvalue weighted by Gasteiger charge is 2.38. The number of fused-ring (bicyclic) bond motifs is 3. The summed E-state index contributed by atoms with van der Waals surface area (Å²) < 4.78 is 5.61. The first kappa shape index (κ1) is 18.7. The Balaban J connectivity index is 1.39. The molecule has 4 unspecified atom stereocenters. The summed E-state index contributed by atoms with van der Waals surface area (Å²) in [5.41, 5.74) is 4.12. The maximum atomic E-state index is 12.7. The predicted octanol–water partition coefficient (Wildman–Crippen LogP) is 5.08. The largest absolute Gasteiger partial charge is 0.378 e. The summed E-state index contributed by atoms with van der Waals surface area (Å²) in [4.78, 5) is 12.7. The maximum Gasteiger partial charge on any atom is 0.251 e. The van der Waals surface area contributed by atoms with Crippen molar-refractivity contribution in [1.29, 1.82) is 0 Å². The van der Waals surface area contributed by atoms with E-state index in [0.717, 1.165) is 42.1 Å². The Hall–Kier alpha value is -2.30. The number of ether oxygens (including phenoxy) is 1. The normalized spacial score (nSPS) is 27.2. The molecule has 0 bridgehead atoms. The van der Waals surface area contributed by atoms with E-state index < -0.39 is 0 Å². The van der Waals surface area contributed by atoms with Gasteiger partial charge in [0.25, 0.3) is 5.91 Å². The van der Waals surface area contributed by atoms with Crippen LogP contribution in [0.25, 0.3) is 0 Å². The fraction of sp³-hybridized carbons (Fsp3) is 0.375. The smallest absolute Gasteiger partial charge is 0.251 e. The number of nitrogens with one attached hydrogen (secondary N) is 2. The van der Waals surface area contributed by atoms with E-state index in [0.29, 0.717) is 23.9 Å². The SMILES string of the molecule is O=C(NCC1CCCO1)c1ccc2c(c1)C1C=CCC1C(c1ccccc1Cl)N2. The van der Waals surface area contributed by atoms with Crippen LogP contribution < -0.4 is 10.6 Å². The lowest BCUT2D eigenvalue weighted by molar-refractivity contribution is 0.0857. The van der Waals surface area contributed by atoms with Crippen LogP contribution in [0, 0.1) is 5.92 Å². The zero-order valence-corrected chi connectivity index (χ0v) is 17.0. The molecule has 1 amide bonds. The highest BCUT2D eigenvalue weighted by molar-refractivity contribution is 6.31. The van der Waals surface area contributed by atoms with Crippen LogP contribution in [0.15, 0.2) is 54.6 Å². The standard InChI is InChI=1S/C24H25ClN2O2/c25-21-9-2-1-6-19(21)23-18-8-3-7-17(18)20-13-15(10-11-22(20)27-23)24(28)26-14-16-5-4-12-29-16/h1-3,6-7,9-11,13,16-18,23,27H,4-5,8,12,14H2,(H,26,28). The number of rotatable bonds is 4. The second-order valence-corrected chi connectivity index (χ2v) is 8.55. The molecule has 2 aliphatic heterocycles. The summed E-state index contributed by atoms with van der Waals surface area (Å²) in [6.45, 7) is 1.38. The van der Waals surface area contributed by atoms with Crippen LogP contribution in [0.1, 0.15) is 52.7 Å². The molecule has 0 saturated carbocycles. The van der Waals surface area contributed by atoms with Crippen LogP contribution in [0.4, 0.5) is 5.69 Å². The second-order valence-electron chi connectivity index (χ2n) is 8.14. The van der Waals surface area contributed by atoms with Gasteiger partial charge in [0, 0.05) is 35.3 Å². The third kappa shape index (κ3) is 3.56. The minimum absolute atomic E-state index is 0.0324. The van der Waals surface area contributed by atoms with E-state index in [4.69, 9.17) is 16.3 Å². The van der Waals surface area contributed by atoms with Crippen molar-refractivity contribution in [1.82, 2.24) is 5.32 Å². The molecule has 150 valence electrons. The zero-order valence-electron chi connectivity index (χ0n) is 16.2. The number of benzene rings is 2. The molecule has 0 radical (unpaired) electrons. The molecular formula is C24H25ClN2O2. The number of allylic oxidation sites excluding steroid dienone is 2. The van der Waals surface area contributed by atoms with Gasteiger partial charge < -0.3 is 15.4 Å². The van der Waals surface area contributed by atoms with Crippen LogP contribution in [0.2, 0.25) is 5.02 Å². The van der Waals surface area contributed by atoms with Crippen LogP contribution in [-0.4, -0.2) is 25.2 Å². The van der Waals surface area contributed by atoms with E-state index in [1.54, 1.807) is 0 Å². The topological polar surface area (TPSA) is 50.4 Å². The van der Waals surface area contributed by atoms with E-state index >= 15 is 0 Å². The minimum atomic E-state index is -0.0324. The first-order valence-electron chi connectivity index (χ1n) is 10.4. The van der Waals surface area contributed by atoms with Gasteiger partial charge >= 0.3 is 0 Å². The van der Waals surface area contributed by atoms with E-state index in [-0.39, 0.29) is 18.1 Å². The summed E-state index contributed by atoms with van der Waals surface area (Å²) in [5.74, 6) is 0.654. The van der Waals surface area contributed by atoms with Crippen molar-refractivity contribution in [3.05, 3.63) is 76.3 Å². The van der Waals surface area contributed by atoms with Crippen molar-refractivity contribution < 1.29 is 9.53 Å². The van der Waals surface area contributed by atoms with Gasteiger partial charge in [-0.3, -0.25) is 4.79 Å². The third-order valence-electron chi connectivity index (χ3n) is 6.38. The van der Waals surface area contributed by atoms with Crippen molar-refractivity contribution >= 4 is 23.2 Å². The molecular weight excluding hydrogens is 384 g/mol. The highest BCUT2D eigenvalue weighted by atomic mass is 35.5. The molecule has 2 aromatic carbocycles. The number of carbonyl (C=O) groups is 1. The number of halogens is 1. The molecule has 0 spiro atoms. The Morgan fingerprint density at radius 2 is 2.10 bits per heavy atom. The van der Waals surface area contributed by atoms with Crippen molar-refractivity contribution in [2.45, 2.75) is 37.3 Å². The molecule has 4 atom stereocenters. The summed E-state index contributed by atoms with van der Waals surface area (Å²) >= 11 is 6.51. The maximum absolute atomic E-state index is 12.7. The van der Waals surface area contributed by atoms with Crippen LogP contribution in [-0.2, 0) is 4.74 Å². The summed E-state index contributed by atoms with van der Waals surface area (Å²) in [7, 11) is 0. The second kappa shape index (κ2) is 7.85. The van der Waals surface area contributed by atoms with E-state index in [1.807, 2.05) is 36.4 Å². The molecule has 5 rings (SSSR count). The Kier molecular flexibility index (Phi) is 5.06. The number of hydrogen-bond acceptors (Lipinski definition) is 3. The molecule has 1 fully saturated rings. The van der Waals surface area contributed by atoms with Crippen LogP contribution in [0.3, 0.4) is 0 Å². The minimum Gasteiger partial charge on any atom is -0.378 e. The molecule has 4 nitrogen and oxygen atoms in total. The zero-order chi connectivity index (χ0) is 19.8. The lowest BCUT2D eigenvalue weighted by Gasteiger charge is -2.38. The van der Waals surface area contributed by atoms with Crippen molar-refractivity contribution in [2.75, 3.05) is 18.5 Å². The predicted molar refractivity (Wildman–Crippen MR) is 116 cm³/mol. The fourth-order valence-corrected chi connectivity index (χ4v) is 5.14. The molecule has 1 saturated heterocycles. The van der Waals surface area contributed by atoms with Gasteiger partial charge in [0.1, 0.15) is 0 Å². The average Bonchev–Trinajstić information content (AvgIpc) is 3.44. The number of amides is 1. The molecule has 3 aliphatic rings. The van der Waals surface area contributed by atoms with Crippen molar-refractivity contribution in [3.8, 4) is 0 Å². The van der Waals surface area contributed by atoms with Crippen LogP contribution >= 0.6 is 11.6 Å². The van der Waals surface area contributed by atoms with Gasteiger partial charge in [0.15, 0.2) is 0 Å². The number of anilines is 1. The van der Waals surface area contributed by atoms with E-state index in [9.17, 15) is 4.79 Å². The van der Waals surface area contributed by atoms with Crippen molar-refractivity contribution in [2.24, 2.45) is 5.92 Å². The Labute approximate surface area is 176 Å². The van der Waals surface area contributed by atoms with Crippen LogP contribution in [0.5, 0.6) is 0 Å². The average molecular weight is 409 g/mol. The monoisotopic (exact) mass is 408 g/mol. The first-order valence-corrected chi connectivity index (χ1v) is 10.8. The summed E-state index contributed by atoms with van der Waals surface area (Å²) in [6.07, 6.45) is 7.78. The summed E-state index contributed by atoms with van der Waals surface area (Å²) in [6, 6.07) is 14.2. The van der Waals surface area contributed by atoms with Gasteiger partial charge in [-0.15, -0.1) is 0 Å². The van der Waals surface area contributed by atoms with Gasteiger partial charge in [-0.05, 0) is 60.6 Å². The first-order chi connectivity index (χ1) is 14.2. The van der Waals surface area contributed by atoms with E-state index in [1.165, 1.54) is 5.56 Å². The van der Waals surface area contributed by atoms with Gasteiger partial charge in [-0.1, -0.05) is 42.0 Å². The van der Waals surface area contributed by atoms with Crippen molar-refractivity contribution in [3.63, 3.8) is 0 Å². The van der Waals surface area contributed by atoms with Gasteiger partial charge in [0.2, 0.25) is 0 Å². The molecule has 2 heterocycles. The molecule has 2 aromatic rings. The molecule has 29 heavy (non-hydrogen) atoms. The lowest BCUT2D eigenvalue weighted by Crippen LogP contribution is -2.32. The Morgan fingerprint density at radius 1 is 1.21 bits per heavy atom. The Bertz CT molecular complexity index is 952. The fourth-order valence-electron chi connectivity index (χ4n) is 4.88. The highest BCUT2D eigenvalue weighted by Crippen LogP contribution is 2.50. The van der Waals surface area contributed by atoms with E-state index in [2.05, 4.69) is 28.9 Å². The van der Waals surface area contributed by atoms with Gasteiger partial charge in [-0.2, -0.15) is 0 Å². The Morgan fingerprint density at radius 3 is 2.93 bits per heavy atom. The van der Waals surface area contributed by atoms with Gasteiger partial charge in [0.05, 0.1) is 12.1 Å².